The van der Waals surface area contributed by atoms with E-state index in [1.165, 1.54) is 5.56 Å². The Morgan fingerprint density at radius 3 is 2.33 bits per heavy atom. The second-order valence-corrected chi connectivity index (χ2v) is 8.08. The summed E-state index contributed by atoms with van der Waals surface area (Å²) >= 11 is 0. The maximum absolute atomic E-state index is 15.0. The van der Waals surface area contributed by atoms with Gasteiger partial charge in [0.1, 0.15) is 5.82 Å². The monoisotopic (exact) mass is 327 g/mol. The highest BCUT2D eigenvalue weighted by molar-refractivity contribution is 5.80. The van der Waals surface area contributed by atoms with E-state index in [9.17, 15) is 4.39 Å². The second-order valence-electron chi connectivity index (χ2n) is 8.08. The number of benzene rings is 1. The van der Waals surface area contributed by atoms with Crippen molar-refractivity contribution in [2.75, 3.05) is 0 Å². The van der Waals surface area contributed by atoms with E-state index in [1.807, 2.05) is 13.0 Å². The molecule has 0 radical (unpaired) electrons. The summed E-state index contributed by atoms with van der Waals surface area (Å²) in [7, 11) is 0. The zero-order chi connectivity index (χ0) is 17.5. The normalized spacial score (nSPS) is 19.2. The van der Waals surface area contributed by atoms with Crippen molar-refractivity contribution in [1.29, 1.82) is 0 Å². The first kappa shape index (κ1) is 16.9. The number of halogens is 1. The van der Waals surface area contributed by atoms with Gasteiger partial charge in [0.25, 0.3) is 0 Å². The largest absolute Gasteiger partial charge is 0.357 e. The van der Waals surface area contributed by atoms with E-state index in [2.05, 4.69) is 38.9 Å². The fraction of sp³-hybridized carbons (Fsp3) is 0.476. The third-order valence-corrected chi connectivity index (χ3v) is 5.44. The van der Waals surface area contributed by atoms with Gasteiger partial charge in [-0.2, -0.15) is 0 Å². The molecule has 0 fully saturated rings. The fourth-order valence-corrected chi connectivity index (χ4v) is 3.68. The number of allylic oxidation sites excluding steroid dienone is 1. The van der Waals surface area contributed by atoms with Gasteiger partial charge in [0.2, 0.25) is 0 Å². The summed E-state index contributed by atoms with van der Waals surface area (Å²) < 4.78 is 20.1. The summed E-state index contributed by atoms with van der Waals surface area (Å²) in [5.74, 6) is 0.510. The molecule has 1 aliphatic carbocycles. The highest BCUT2D eigenvalue weighted by atomic mass is 19.1. The van der Waals surface area contributed by atoms with E-state index in [-0.39, 0.29) is 16.6 Å². The predicted octanol–water partition coefficient (Wildman–Crippen LogP) is 6.11. The van der Waals surface area contributed by atoms with Crippen molar-refractivity contribution in [2.45, 2.75) is 64.7 Å². The highest BCUT2D eigenvalue weighted by Crippen LogP contribution is 2.47. The second kappa shape index (κ2) is 5.87. The highest BCUT2D eigenvalue weighted by Gasteiger charge is 2.37. The van der Waals surface area contributed by atoms with E-state index in [0.29, 0.717) is 11.3 Å². The Kier molecular flexibility index (Phi) is 4.15. The van der Waals surface area contributed by atoms with Crippen LogP contribution in [0.5, 0.6) is 0 Å². The lowest BCUT2D eigenvalue weighted by atomic mass is 9.62. The molecule has 1 heterocycles. The van der Waals surface area contributed by atoms with Gasteiger partial charge in [0.05, 0.1) is 6.20 Å². The average molecular weight is 327 g/mol. The molecule has 0 bridgehead atoms. The van der Waals surface area contributed by atoms with Crippen LogP contribution in [-0.2, 0) is 10.8 Å². The molecule has 2 aromatic rings. The third kappa shape index (κ3) is 2.92. The van der Waals surface area contributed by atoms with E-state index in [4.69, 9.17) is 4.52 Å². The van der Waals surface area contributed by atoms with Crippen LogP contribution in [0.15, 0.2) is 28.9 Å². The minimum Gasteiger partial charge on any atom is -0.357 e. The van der Waals surface area contributed by atoms with Crippen LogP contribution in [0.3, 0.4) is 0 Å². The van der Waals surface area contributed by atoms with E-state index >= 15 is 0 Å². The van der Waals surface area contributed by atoms with Gasteiger partial charge >= 0.3 is 0 Å². The summed E-state index contributed by atoms with van der Waals surface area (Å²) in [6.45, 7) is 11.0. The van der Waals surface area contributed by atoms with Crippen molar-refractivity contribution in [3.63, 3.8) is 0 Å². The quantitative estimate of drug-likeness (QED) is 0.679. The van der Waals surface area contributed by atoms with Gasteiger partial charge in [-0.05, 0) is 65.0 Å². The molecule has 1 aromatic carbocycles. The Balaban J connectivity index is 2.17. The van der Waals surface area contributed by atoms with Crippen LogP contribution >= 0.6 is 0 Å². The minimum absolute atomic E-state index is 0.0191. The number of fused-ring (bicyclic) bond motifs is 1. The number of rotatable bonds is 3. The third-order valence-electron chi connectivity index (χ3n) is 5.44. The summed E-state index contributed by atoms with van der Waals surface area (Å²) in [5.41, 5.74) is 4.12. The van der Waals surface area contributed by atoms with Crippen LogP contribution in [-0.4, -0.2) is 5.16 Å². The number of aromatic nitrogens is 1. The fourth-order valence-electron chi connectivity index (χ4n) is 3.68. The van der Waals surface area contributed by atoms with Crippen molar-refractivity contribution in [3.8, 4) is 0 Å². The predicted molar refractivity (Wildman–Crippen MR) is 96.4 cm³/mol. The molecule has 1 aromatic heterocycles. The SMILES string of the molecule is CC/C(=C\c1ccno1)c1cc2c(cc1F)C(C)(C)CCC2(C)C. The van der Waals surface area contributed by atoms with Gasteiger partial charge < -0.3 is 4.52 Å². The minimum atomic E-state index is -0.146. The van der Waals surface area contributed by atoms with Crippen LogP contribution in [0.2, 0.25) is 0 Å². The van der Waals surface area contributed by atoms with Gasteiger partial charge in [-0.25, -0.2) is 4.39 Å². The Labute approximate surface area is 143 Å². The summed E-state index contributed by atoms with van der Waals surface area (Å²) in [4.78, 5) is 0. The first-order valence-electron chi connectivity index (χ1n) is 8.71. The van der Waals surface area contributed by atoms with Crippen molar-refractivity contribution < 1.29 is 8.91 Å². The Morgan fingerprint density at radius 1 is 1.17 bits per heavy atom. The number of nitrogens with zero attached hydrogens (tertiary/aromatic N) is 1. The molecular weight excluding hydrogens is 301 g/mol. The first-order chi connectivity index (χ1) is 11.2. The van der Waals surface area contributed by atoms with Gasteiger partial charge in [-0.15, -0.1) is 0 Å². The lowest BCUT2D eigenvalue weighted by molar-refractivity contribution is 0.330. The molecule has 0 saturated heterocycles. The molecule has 128 valence electrons. The molecule has 1 aliphatic rings. The smallest absolute Gasteiger partial charge is 0.159 e. The molecule has 3 rings (SSSR count). The summed E-state index contributed by atoms with van der Waals surface area (Å²) in [6, 6.07) is 5.62. The van der Waals surface area contributed by atoms with Crippen LogP contribution in [0.25, 0.3) is 11.6 Å². The zero-order valence-electron chi connectivity index (χ0n) is 15.2. The molecule has 0 amide bonds. The van der Waals surface area contributed by atoms with Crippen LogP contribution in [0.1, 0.15) is 76.3 Å². The summed E-state index contributed by atoms with van der Waals surface area (Å²) in [6.07, 6.45) is 6.43. The van der Waals surface area contributed by atoms with E-state index in [0.717, 1.165) is 30.4 Å². The molecule has 0 N–H and O–H groups in total. The van der Waals surface area contributed by atoms with Crippen LogP contribution in [0.4, 0.5) is 4.39 Å². The van der Waals surface area contributed by atoms with Gasteiger partial charge in [0, 0.05) is 11.6 Å². The lowest BCUT2D eigenvalue weighted by Crippen LogP contribution is -2.34. The standard InChI is InChI=1S/C21H26FNO/c1-6-14(11-15-7-10-23-24-15)16-12-17-18(13-19(16)22)21(4,5)9-8-20(17,2)3/h7,10-13H,6,8-9H2,1-5H3/b14-11+. The Hall–Kier alpha value is -1.90. The Bertz CT molecular complexity index is 769. The van der Waals surface area contributed by atoms with E-state index < -0.39 is 0 Å². The molecule has 0 spiro atoms. The van der Waals surface area contributed by atoms with Crippen LogP contribution < -0.4 is 0 Å². The molecule has 24 heavy (non-hydrogen) atoms. The van der Waals surface area contributed by atoms with Gasteiger partial charge in [-0.3, -0.25) is 0 Å². The molecule has 0 atom stereocenters. The van der Waals surface area contributed by atoms with Crippen molar-refractivity contribution >= 4 is 11.6 Å². The zero-order valence-corrected chi connectivity index (χ0v) is 15.2. The summed E-state index contributed by atoms with van der Waals surface area (Å²) in [5, 5.41) is 3.72. The Morgan fingerprint density at radius 2 is 1.79 bits per heavy atom. The molecular formula is C21H26FNO. The van der Waals surface area contributed by atoms with Gasteiger partial charge in [-0.1, -0.05) is 39.8 Å². The lowest BCUT2D eigenvalue weighted by Gasteiger charge is -2.42. The molecule has 2 nitrogen and oxygen atoms in total. The number of hydrogen-bond donors (Lipinski definition) is 0. The maximum atomic E-state index is 15.0. The van der Waals surface area contributed by atoms with E-state index in [1.54, 1.807) is 18.3 Å². The van der Waals surface area contributed by atoms with Crippen molar-refractivity contribution in [3.05, 3.63) is 52.7 Å². The van der Waals surface area contributed by atoms with Crippen molar-refractivity contribution in [2.24, 2.45) is 0 Å². The maximum Gasteiger partial charge on any atom is 0.159 e. The van der Waals surface area contributed by atoms with Crippen molar-refractivity contribution in [1.82, 2.24) is 5.16 Å². The topological polar surface area (TPSA) is 26.0 Å². The molecule has 0 aliphatic heterocycles. The molecule has 0 saturated carbocycles. The molecule has 3 heteroatoms. The average Bonchev–Trinajstić information content (AvgIpc) is 3.03. The van der Waals surface area contributed by atoms with Crippen LogP contribution in [0, 0.1) is 5.82 Å². The van der Waals surface area contributed by atoms with Gasteiger partial charge in [0.15, 0.2) is 5.76 Å². The number of hydrogen-bond acceptors (Lipinski definition) is 2. The first-order valence-corrected chi connectivity index (χ1v) is 8.71. The molecule has 0 unspecified atom stereocenters.